The van der Waals surface area contributed by atoms with Crippen LogP contribution in [-0.2, 0) is 0 Å². The summed E-state index contributed by atoms with van der Waals surface area (Å²) in [6.45, 7) is 0. The summed E-state index contributed by atoms with van der Waals surface area (Å²) in [4.78, 5) is 0. The second kappa shape index (κ2) is 5.68. The third-order valence-electron chi connectivity index (χ3n) is 2.28. The van der Waals surface area contributed by atoms with Crippen LogP contribution in [0.3, 0.4) is 0 Å². The molecule has 1 aromatic rings. The SMILES string of the molecule is N[C@@H](CCC(F)(F)F)c1ccccc1OC(F)(F)F. The van der Waals surface area contributed by atoms with Crippen molar-refractivity contribution in [3.05, 3.63) is 29.8 Å². The standard InChI is InChI=1S/C11H11F6NO/c12-10(13,14)6-5-8(18)7-3-1-2-4-9(7)19-11(15,16)17/h1-4,8H,5-6,18H2/t8-/m0/s1. The van der Waals surface area contributed by atoms with Crippen molar-refractivity contribution in [1.82, 2.24) is 0 Å². The molecule has 0 heterocycles. The molecule has 0 unspecified atom stereocenters. The molecule has 1 rings (SSSR count). The van der Waals surface area contributed by atoms with Crippen LogP contribution in [0.2, 0.25) is 0 Å². The molecule has 0 aliphatic heterocycles. The van der Waals surface area contributed by atoms with Gasteiger partial charge in [0.2, 0.25) is 0 Å². The van der Waals surface area contributed by atoms with Crippen LogP contribution in [0.25, 0.3) is 0 Å². The van der Waals surface area contributed by atoms with E-state index in [0.717, 1.165) is 6.07 Å². The summed E-state index contributed by atoms with van der Waals surface area (Å²) in [5.41, 5.74) is 5.37. The van der Waals surface area contributed by atoms with Crippen LogP contribution in [0, 0.1) is 0 Å². The fourth-order valence-corrected chi connectivity index (χ4v) is 1.48. The molecule has 0 aromatic heterocycles. The smallest absolute Gasteiger partial charge is 0.405 e. The van der Waals surface area contributed by atoms with Crippen molar-refractivity contribution in [3.8, 4) is 5.75 Å². The first kappa shape index (κ1) is 15.6. The highest BCUT2D eigenvalue weighted by Gasteiger charge is 2.33. The van der Waals surface area contributed by atoms with E-state index in [9.17, 15) is 26.3 Å². The molecule has 0 radical (unpaired) electrons. The predicted octanol–water partition coefficient (Wildman–Crippen LogP) is 3.93. The first-order valence-electron chi connectivity index (χ1n) is 5.25. The minimum absolute atomic E-state index is 0.107. The normalized spacial score (nSPS) is 14.3. The number of benzene rings is 1. The lowest BCUT2D eigenvalue weighted by Gasteiger charge is -2.18. The van der Waals surface area contributed by atoms with Gasteiger partial charge < -0.3 is 10.5 Å². The maximum atomic E-state index is 12.1. The number of nitrogens with two attached hydrogens (primary N) is 1. The monoisotopic (exact) mass is 287 g/mol. The average molecular weight is 287 g/mol. The second-order valence-electron chi connectivity index (χ2n) is 3.85. The van der Waals surface area contributed by atoms with Gasteiger partial charge in [-0.05, 0) is 12.5 Å². The van der Waals surface area contributed by atoms with Gasteiger partial charge in [0.25, 0.3) is 0 Å². The lowest BCUT2D eigenvalue weighted by molar-refractivity contribution is -0.275. The minimum atomic E-state index is -4.92. The number of alkyl halides is 6. The Hall–Kier alpha value is -1.44. The average Bonchev–Trinajstić information content (AvgIpc) is 2.23. The van der Waals surface area contributed by atoms with Gasteiger partial charge in [0.15, 0.2) is 0 Å². The molecule has 0 aliphatic carbocycles. The van der Waals surface area contributed by atoms with Gasteiger partial charge in [-0.1, -0.05) is 18.2 Å². The summed E-state index contributed by atoms with van der Waals surface area (Å²) >= 11 is 0. The molecule has 0 saturated carbocycles. The predicted molar refractivity (Wildman–Crippen MR) is 55.3 cm³/mol. The molecule has 1 aromatic carbocycles. The molecular weight excluding hydrogens is 276 g/mol. The molecule has 0 amide bonds. The van der Waals surface area contributed by atoms with Gasteiger partial charge in [0.05, 0.1) is 0 Å². The summed E-state index contributed by atoms with van der Waals surface area (Å²) in [5, 5.41) is 0. The van der Waals surface area contributed by atoms with Crippen molar-refractivity contribution in [3.63, 3.8) is 0 Å². The lowest BCUT2D eigenvalue weighted by Crippen LogP contribution is -2.21. The van der Waals surface area contributed by atoms with E-state index in [-0.39, 0.29) is 5.56 Å². The van der Waals surface area contributed by atoms with Gasteiger partial charge in [0.1, 0.15) is 5.75 Å². The number of halogens is 6. The highest BCUT2D eigenvalue weighted by atomic mass is 19.4. The molecule has 0 fully saturated rings. The Kier molecular flexibility index (Phi) is 4.67. The molecule has 1 atom stereocenters. The van der Waals surface area contributed by atoms with Crippen LogP contribution in [0.15, 0.2) is 24.3 Å². The van der Waals surface area contributed by atoms with Gasteiger partial charge in [-0.15, -0.1) is 13.2 Å². The molecule has 0 spiro atoms. The van der Waals surface area contributed by atoms with Crippen LogP contribution in [-0.4, -0.2) is 12.5 Å². The third kappa shape index (κ3) is 5.82. The van der Waals surface area contributed by atoms with Crippen LogP contribution >= 0.6 is 0 Å². The van der Waals surface area contributed by atoms with Crippen LogP contribution in [0.1, 0.15) is 24.4 Å². The Balaban J connectivity index is 2.82. The molecule has 108 valence electrons. The Morgan fingerprint density at radius 2 is 1.63 bits per heavy atom. The maximum absolute atomic E-state index is 12.1. The molecule has 0 aliphatic rings. The minimum Gasteiger partial charge on any atom is -0.405 e. The number of rotatable bonds is 4. The van der Waals surface area contributed by atoms with E-state index in [4.69, 9.17) is 5.73 Å². The fourth-order valence-electron chi connectivity index (χ4n) is 1.48. The van der Waals surface area contributed by atoms with Gasteiger partial charge in [-0.25, -0.2) is 0 Å². The zero-order chi connectivity index (χ0) is 14.7. The maximum Gasteiger partial charge on any atom is 0.573 e. The highest BCUT2D eigenvalue weighted by Crippen LogP contribution is 2.33. The largest absolute Gasteiger partial charge is 0.573 e. The van der Waals surface area contributed by atoms with E-state index < -0.39 is 37.2 Å². The zero-order valence-corrected chi connectivity index (χ0v) is 9.55. The van der Waals surface area contributed by atoms with Crippen molar-refractivity contribution in [1.29, 1.82) is 0 Å². The van der Waals surface area contributed by atoms with E-state index in [1.807, 2.05) is 0 Å². The molecule has 0 bridgehead atoms. The van der Waals surface area contributed by atoms with Crippen LogP contribution in [0.5, 0.6) is 5.75 Å². The molecule has 0 saturated heterocycles. The lowest BCUT2D eigenvalue weighted by atomic mass is 10.0. The third-order valence-corrected chi connectivity index (χ3v) is 2.28. The number of hydrogen-bond acceptors (Lipinski definition) is 2. The number of para-hydroxylation sites is 1. The summed E-state index contributed by atoms with van der Waals surface area (Å²) < 4.78 is 76.2. The summed E-state index contributed by atoms with van der Waals surface area (Å²) in [6, 6.07) is 3.70. The molecule has 19 heavy (non-hydrogen) atoms. The fraction of sp³-hybridized carbons (Fsp3) is 0.455. The molecule has 2 nitrogen and oxygen atoms in total. The van der Waals surface area contributed by atoms with Crippen molar-refractivity contribution < 1.29 is 31.1 Å². The Morgan fingerprint density at radius 1 is 1.05 bits per heavy atom. The first-order chi connectivity index (χ1) is 8.58. The van der Waals surface area contributed by atoms with Crippen molar-refractivity contribution >= 4 is 0 Å². The highest BCUT2D eigenvalue weighted by molar-refractivity contribution is 5.35. The van der Waals surface area contributed by atoms with E-state index in [2.05, 4.69) is 4.74 Å². The Labute approximate surface area is 105 Å². The Bertz CT molecular complexity index is 414. The summed E-state index contributed by atoms with van der Waals surface area (Å²) in [6.07, 6.45) is -11.0. The van der Waals surface area contributed by atoms with Crippen LogP contribution < -0.4 is 10.5 Å². The van der Waals surface area contributed by atoms with Gasteiger partial charge in [-0.3, -0.25) is 0 Å². The number of ether oxygens (including phenoxy) is 1. The molecule has 2 N–H and O–H groups in total. The summed E-state index contributed by atoms with van der Waals surface area (Å²) in [7, 11) is 0. The zero-order valence-electron chi connectivity index (χ0n) is 9.55. The van der Waals surface area contributed by atoms with Gasteiger partial charge in [0, 0.05) is 18.0 Å². The van der Waals surface area contributed by atoms with Crippen LogP contribution in [0.4, 0.5) is 26.3 Å². The van der Waals surface area contributed by atoms with Crippen molar-refractivity contribution in [2.45, 2.75) is 31.4 Å². The van der Waals surface area contributed by atoms with E-state index in [0.29, 0.717) is 0 Å². The number of hydrogen-bond donors (Lipinski definition) is 1. The quantitative estimate of drug-likeness (QED) is 0.852. The second-order valence-corrected chi connectivity index (χ2v) is 3.85. The van der Waals surface area contributed by atoms with Crippen molar-refractivity contribution in [2.75, 3.05) is 0 Å². The summed E-state index contributed by atoms with van der Waals surface area (Å²) in [5.74, 6) is -0.579. The van der Waals surface area contributed by atoms with E-state index in [1.165, 1.54) is 18.2 Å². The molecule has 8 heteroatoms. The van der Waals surface area contributed by atoms with Gasteiger partial charge in [-0.2, -0.15) is 13.2 Å². The first-order valence-corrected chi connectivity index (χ1v) is 5.25. The van der Waals surface area contributed by atoms with E-state index in [1.54, 1.807) is 0 Å². The Morgan fingerprint density at radius 3 is 2.16 bits per heavy atom. The topological polar surface area (TPSA) is 35.2 Å². The molecular formula is C11H11F6NO. The van der Waals surface area contributed by atoms with Gasteiger partial charge >= 0.3 is 12.5 Å². The van der Waals surface area contributed by atoms with Crippen molar-refractivity contribution in [2.24, 2.45) is 5.73 Å². The van der Waals surface area contributed by atoms with E-state index >= 15 is 0 Å².